The summed E-state index contributed by atoms with van der Waals surface area (Å²) in [6.07, 6.45) is 2.70. The Kier molecular flexibility index (Phi) is 19.7. The third kappa shape index (κ3) is 14.5. The fourth-order valence-corrected chi connectivity index (χ4v) is 11.5. The lowest BCUT2D eigenvalue weighted by Gasteiger charge is -2.31. The number of aliphatic imine (C=N–C) groups is 1. The minimum Gasteiger partial charge on any atom is -0.480 e. The quantitative estimate of drug-likeness (QED) is 0.0446. The third-order valence-corrected chi connectivity index (χ3v) is 16.0. The summed E-state index contributed by atoms with van der Waals surface area (Å²) in [7, 11) is 1.77. The molecule has 0 aliphatic carbocycles. The molecular weight excluding hydrogens is 1110 g/mol. The highest BCUT2D eigenvalue weighted by Gasteiger charge is 2.33. The molecule has 26 heteroatoms. The Balaban J connectivity index is 0.663. The van der Waals surface area contributed by atoms with Crippen molar-refractivity contribution >= 4 is 86.0 Å². The van der Waals surface area contributed by atoms with Gasteiger partial charge in [0, 0.05) is 89.3 Å². The number of piperidine rings is 1. The zero-order chi connectivity index (χ0) is 58.7. The number of ether oxygens (including phenoxy) is 3. The van der Waals surface area contributed by atoms with Crippen LogP contribution >= 0.6 is 22.9 Å². The maximum absolute atomic E-state index is 15.9. The van der Waals surface area contributed by atoms with E-state index < -0.39 is 42.7 Å². The number of rotatable bonds is 26. The van der Waals surface area contributed by atoms with Gasteiger partial charge in [-0.3, -0.25) is 47.7 Å². The van der Waals surface area contributed by atoms with Crippen LogP contribution in [0.5, 0.6) is 0 Å². The van der Waals surface area contributed by atoms with E-state index in [1.54, 1.807) is 58.4 Å². The van der Waals surface area contributed by atoms with Gasteiger partial charge in [-0.05, 0) is 75.1 Å². The van der Waals surface area contributed by atoms with Gasteiger partial charge < -0.3 is 45.5 Å². The number of carbonyl (C=O) groups excluding carboxylic acids is 5. The number of hydrogen-bond acceptors (Lipinski definition) is 15. The summed E-state index contributed by atoms with van der Waals surface area (Å²) in [5.41, 5.74) is 6.57. The third-order valence-electron chi connectivity index (χ3n) is 14.5. The summed E-state index contributed by atoms with van der Waals surface area (Å²) in [6, 6.07) is 15.4. The molecule has 5 N–H and O–H groups in total. The Hall–Kier alpha value is -7.97. The molecule has 0 spiro atoms. The molecule has 5 amide bonds. The Bertz CT molecular complexity index is 3570. The van der Waals surface area contributed by atoms with Crippen molar-refractivity contribution in [1.29, 1.82) is 0 Å². The van der Waals surface area contributed by atoms with Gasteiger partial charge in [-0.25, -0.2) is 4.39 Å². The van der Waals surface area contributed by atoms with E-state index in [1.165, 1.54) is 10.7 Å². The first-order valence-electron chi connectivity index (χ1n) is 27.3. The van der Waals surface area contributed by atoms with Gasteiger partial charge in [0.25, 0.3) is 0 Å². The molecule has 0 saturated carbocycles. The van der Waals surface area contributed by atoms with E-state index >= 15 is 4.39 Å². The average Bonchev–Trinajstić information content (AvgIpc) is 4.15. The van der Waals surface area contributed by atoms with E-state index in [-0.39, 0.29) is 69.2 Å². The molecular formula is C57H65ClFN13O10S. The number of carboxylic acids is 1. The first-order chi connectivity index (χ1) is 40.0. The van der Waals surface area contributed by atoms with Crippen LogP contribution < -0.4 is 21.3 Å². The monoisotopic (exact) mass is 1180 g/mol. The fraction of sp³-hybridized carbons (Fsp3) is 0.421. The first-order valence-corrected chi connectivity index (χ1v) is 28.5. The molecule has 2 aliphatic heterocycles. The normalized spacial score (nSPS) is 14.3. The van der Waals surface area contributed by atoms with Gasteiger partial charge in [0.15, 0.2) is 5.82 Å². The van der Waals surface area contributed by atoms with E-state index in [2.05, 4.69) is 50.4 Å². The van der Waals surface area contributed by atoms with Crippen LogP contribution in [0.4, 0.5) is 4.39 Å². The molecule has 0 bridgehead atoms. The number of thiophene rings is 1. The Morgan fingerprint density at radius 2 is 1.47 bits per heavy atom. The molecule has 1 fully saturated rings. The second-order valence-electron chi connectivity index (χ2n) is 20.1. The SMILES string of the molecule is Cc1sc2c(c1C)C(c1ccc(Cl)cc1)=N[C@@H](CC(=O)NCCOCCOCCOCCNC(=O)CCC(=O)N1CCC(c3nn(CC(=O)NCC(=O)NCC(=O)O)c4cccc(-c5cc6c(cnn6C)cc5F)c34)CC1)c1nnc(C)n1-2. The lowest BCUT2D eigenvalue weighted by Crippen LogP contribution is -2.40. The largest absolute Gasteiger partial charge is 0.480 e. The van der Waals surface area contributed by atoms with Gasteiger partial charge in [0.05, 0.1) is 81.2 Å². The number of aromatic nitrogens is 7. The molecule has 23 nitrogen and oxygen atoms in total. The van der Waals surface area contributed by atoms with Crippen molar-refractivity contribution in [2.75, 3.05) is 78.9 Å². The Labute approximate surface area is 485 Å². The zero-order valence-corrected chi connectivity index (χ0v) is 48.0. The highest BCUT2D eigenvalue weighted by molar-refractivity contribution is 7.15. The summed E-state index contributed by atoms with van der Waals surface area (Å²) in [5, 5.41) is 40.2. The Morgan fingerprint density at radius 3 is 2.18 bits per heavy atom. The standard InChI is InChI=1S/C57H65ClFN13O10S/c1-33-34(2)83-57-52(33)54(36-8-10-39(58)11-9-36)65-43(56-67-66-35(3)72(56)57)28-47(74)61-17-21-81-23-25-82-24-22-80-20-16-60-46(73)12-13-50(77)70-18-14-37(15-19-70)55-53-40(41-27-45-38(26-42(41)59)29-64-69(45)4)6-5-7-44(53)71(68-55)32-49(76)62-30-48(75)63-31-51(78)79/h5-11,26-27,29,37,43H,12-25,28,30-32H2,1-4H3,(H,60,73)(H,61,74)(H,62,76)(H,63,75)(H,78,79)/t43-/m0/s1. The molecule has 1 atom stereocenters. The van der Waals surface area contributed by atoms with Crippen LogP contribution in [0.1, 0.15) is 83.0 Å². The second-order valence-corrected chi connectivity index (χ2v) is 21.8. The molecule has 3 aromatic carbocycles. The number of hydrogen-bond donors (Lipinski definition) is 5. The number of aliphatic carboxylic acids is 1. The van der Waals surface area contributed by atoms with E-state index in [0.29, 0.717) is 109 Å². The van der Waals surface area contributed by atoms with Crippen LogP contribution in [0.3, 0.4) is 0 Å². The predicted octanol–water partition coefficient (Wildman–Crippen LogP) is 5.02. The van der Waals surface area contributed by atoms with E-state index in [9.17, 15) is 28.8 Å². The van der Waals surface area contributed by atoms with Gasteiger partial charge in [-0.15, -0.1) is 21.5 Å². The number of aryl methyl sites for hydroxylation is 3. The molecule has 0 unspecified atom stereocenters. The van der Waals surface area contributed by atoms with Crippen molar-refractivity contribution < 1.29 is 52.5 Å². The van der Waals surface area contributed by atoms with Gasteiger partial charge in [-0.1, -0.05) is 35.9 Å². The first kappa shape index (κ1) is 59.6. The van der Waals surface area contributed by atoms with Crippen LogP contribution in [0.25, 0.3) is 37.9 Å². The zero-order valence-electron chi connectivity index (χ0n) is 46.5. The van der Waals surface area contributed by atoms with Crippen molar-refractivity contribution in [2.24, 2.45) is 12.0 Å². The summed E-state index contributed by atoms with van der Waals surface area (Å²) >= 11 is 7.88. The maximum Gasteiger partial charge on any atom is 0.322 e. The van der Waals surface area contributed by atoms with Crippen molar-refractivity contribution in [3.8, 4) is 16.1 Å². The number of likely N-dealkylation sites (tertiary alicyclic amines) is 1. The van der Waals surface area contributed by atoms with E-state index in [4.69, 9.17) is 41.0 Å². The van der Waals surface area contributed by atoms with Crippen molar-refractivity contribution in [3.63, 3.8) is 0 Å². The molecule has 7 aromatic rings. The maximum atomic E-state index is 15.9. The predicted molar refractivity (Wildman–Crippen MR) is 307 cm³/mol. The van der Waals surface area contributed by atoms with Crippen LogP contribution in [-0.2, 0) is 56.6 Å². The summed E-state index contributed by atoms with van der Waals surface area (Å²) in [5.74, 6) is -2.41. The lowest BCUT2D eigenvalue weighted by molar-refractivity contribution is -0.137. The molecule has 6 heterocycles. The average molecular weight is 1180 g/mol. The van der Waals surface area contributed by atoms with Crippen molar-refractivity contribution in [3.05, 3.63) is 111 Å². The molecule has 2 aliphatic rings. The number of benzene rings is 3. The van der Waals surface area contributed by atoms with Crippen LogP contribution in [0.2, 0.25) is 5.02 Å². The van der Waals surface area contributed by atoms with Gasteiger partial charge in [0.1, 0.15) is 35.8 Å². The minimum absolute atomic E-state index is 0.000540. The summed E-state index contributed by atoms with van der Waals surface area (Å²) in [4.78, 5) is 83.5. The molecule has 9 rings (SSSR count). The number of carbonyl (C=O) groups is 6. The van der Waals surface area contributed by atoms with E-state index in [0.717, 1.165) is 37.8 Å². The highest BCUT2D eigenvalue weighted by atomic mass is 35.5. The Morgan fingerprint density at radius 1 is 0.783 bits per heavy atom. The number of fused-ring (bicyclic) bond motifs is 5. The minimum atomic E-state index is -1.22. The van der Waals surface area contributed by atoms with Crippen LogP contribution in [0.15, 0.2) is 65.8 Å². The number of amides is 5. The number of carboxylic acid groups (broad SMARTS) is 1. The second kappa shape index (κ2) is 27.4. The topological polar surface area (TPSA) is 280 Å². The van der Waals surface area contributed by atoms with Crippen molar-refractivity contribution in [1.82, 2.24) is 60.5 Å². The van der Waals surface area contributed by atoms with Crippen LogP contribution in [-0.4, -0.2) is 164 Å². The smallest absolute Gasteiger partial charge is 0.322 e. The summed E-state index contributed by atoms with van der Waals surface area (Å²) < 4.78 is 38.0. The van der Waals surface area contributed by atoms with Gasteiger partial charge in [0.2, 0.25) is 29.5 Å². The number of halogens is 2. The van der Waals surface area contributed by atoms with E-state index in [1.807, 2.05) is 35.8 Å². The molecule has 4 aromatic heterocycles. The molecule has 438 valence electrons. The fourth-order valence-electron chi connectivity index (χ4n) is 10.2. The lowest BCUT2D eigenvalue weighted by atomic mass is 9.88. The summed E-state index contributed by atoms with van der Waals surface area (Å²) in [6.45, 7) is 7.84. The highest BCUT2D eigenvalue weighted by Crippen LogP contribution is 2.42. The number of nitrogens with zero attached hydrogens (tertiary/aromatic N) is 9. The molecule has 1 saturated heterocycles. The van der Waals surface area contributed by atoms with Gasteiger partial charge in [-0.2, -0.15) is 10.2 Å². The van der Waals surface area contributed by atoms with Crippen LogP contribution in [0, 0.1) is 26.6 Å². The number of nitrogens with one attached hydrogen (secondary N) is 4. The van der Waals surface area contributed by atoms with Gasteiger partial charge >= 0.3 is 5.97 Å². The molecule has 0 radical (unpaired) electrons. The van der Waals surface area contributed by atoms with Crippen molar-refractivity contribution in [2.45, 2.75) is 71.4 Å². The molecule has 83 heavy (non-hydrogen) atoms.